The van der Waals surface area contributed by atoms with Gasteiger partial charge in [0.2, 0.25) is 5.91 Å². The zero-order valence-corrected chi connectivity index (χ0v) is 19.6. The second-order valence-electron chi connectivity index (χ2n) is 8.47. The zero-order chi connectivity index (χ0) is 22.4. The summed E-state index contributed by atoms with van der Waals surface area (Å²) in [6.07, 6.45) is 2.97. The minimum Gasteiger partial charge on any atom is -0.351 e. The average molecular weight is 503 g/mol. The fraction of sp³-hybridized carbons (Fsp3) is 0.240. The Bertz CT molecular complexity index is 1360. The van der Waals surface area contributed by atoms with E-state index >= 15 is 0 Å². The summed E-state index contributed by atoms with van der Waals surface area (Å²) in [6.45, 7) is 3.65. The maximum atomic E-state index is 11.9. The Hall–Kier alpha value is -3.23. The summed E-state index contributed by atoms with van der Waals surface area (Å²) in [5.41, 5.74) is 7.02. The van der Waals surface area contributed by atoms with Crippen molar-refractivity contribution in [2.24, 2.45) is 0 Å². The van der Waals surface area contributed by atoms with Crippen LogP contribution >= 0.6 is 15.9 Å². The van der Waals surface area contributed by atoms with Gasteiger partial charge in [-0.3, -0.25) is 9.20 Å². The highest BCUT2D eigenvalue weighted by Gasteiger charge is 2.25. The fourth-order valence-electron chi connectivity index (χ4n) is 4.74. The molecule has 0 aliphatic carbocycles. The number of fused-ring (bicyclic) bond motifs is 2. The van der Waals surface area contributed by atoms with E-state index in [0.29, 0.717) is 12.8 Å². The number of carbonyl (C=O) groups excluding carboxylic acids is 1. The van der Waals surface area contributed by atoms with E-state index in [0.717, 1.165) is 70.4 Å². The van der Waals surface area contributed by atoms with Crippen LogP contribution in [0.5, 0.6) is 0 Å². The molecule has 2 aromatic heterocycles. The predicted molar refractivity (Wildman–Crippen MR) is 133 cm³/mol. The van der Waals surface area contributed by atoms with Gasteiger partial charge in [0.15, 0.2) is 11.5 Å². The first-order valence-corrected chi connectivity index (χ1v) is 12.0. The Morgan fingerprint density at radius 3 is 2.70 bits per heavy atom. The van der Waals surface area contributed by atoms with Gasteiger partial charge in [-0.2, -0.15) is 0 Å². The quantitative estimate of drug-likeness (QED) is 0.445. The number of carbonyl (C=O) groups is 1. The highest BCUT2D eigenvalue weighted by atomic mass is 79.9. The number of imidazole rings is 1. The van der Waals surface area contributed by atoms with E-state index in [2.05, 4.69) is 72.3 Å². The molecule has 4 heterocycles. The zero-order valence-electron chi connectivity index (χ0n) is 18.0. The summed E-state index contributed by atoms with van der Waals surface area (Å²) in [5, 5.41) is 6.34. The van der Waals surface area contributed by atoms with Crippen LogP contribution in [-0.2, 0) is 17.6 Å². The lowest BCUT2D eigenvalue weighted by atomic mass is 10.0. The van der Waals surface area contributed by atoms with Crippen LogP contribution in [0.3, 0.4) is 0 Å². The molecule has 166 valence electrons. The van der Waals surface area contributed by atoms with Crippen molar-refractivity contribution in [2.45, 2.75) is 12.8 Å². The molecular formula is C25H23BrN6O. The van der Waals surface area contributed by atoms with Crippen molar-refractivity contribution in [3.63, 3.8) is 0 Å². The molecule has 0 atom stereocenters. The van der Waals surface area contributed by atoms with Crippen molar-refractivity contribution < 1.29 is 4.79 Å². The number of piperazine rings is 1. The van der Waals surface area contributed by atoms with Crippen LogP contribution in [-0.4, -0.2) is 46.5 Å². The molecule has 33 heavy (non-hydrogen) atoms. The van der Waals surface area contributed by atoms with Gasteiger partial charge in [-0.05, 0) is 39.2 Å². The SMILES string of the molecule is O=C1Cc2cc(-c3c(Cc4ccccc4)nc4c(N5CCNCC5)ncc(Br)n34)ccc2N1. The second-order valence-corrected chi connectivity index (χ2v) is 9.28. The lowest BCUT2D eigenvalue weighted by Gasteiger charge is -2.28. The fourth-order valence-corrected chi connectivity index (χ4v) is 5.19. The Kier molecular flexibility index (Phi) is 5.11. The van der Waals surface area contributed by atoms with Crippen molar-refractivity contribution in [2.75, 3.05) is 36.4 Å². The van der Waals surface area contributed by atoms with Crippen molar-refractivity contribution in [1.29, 1.82) is 0 Å². The largest absolute Gasteiger partial charge is 0.351 e. The van der Waals surface area contributed by atoms with Gasteiger partial charge in [-0.1, -0.05) is 36.4 Å². The monoisotopic (exact) mass is 502 g/mol. The van der Waals surface area contributed by atoms with Gasteiger partial charge in [-0.25, -0.2) is 9.97 Å². The Balaban J connectivity index is 1.56. The number of benzene rings is 2. The molecule has 1 saturated heterocycles. The van der Waals surface area contributed by atoms with E-state index in [1.54, 1.807) is 0 Å². The van der Waals surface area contributed by atoms with Crippen LogP contribution < -0.4 is 15.5 Å². The highest BCUT2D eigenvalue weighted by Crippen LogP contribution is 2.36. The molecule has 8 heteroatoms. The van der Waals surface area contributed by atoms with Crippen LogP contribution in [0, 0.1) is 0 Å². The third kappa shape index (κ3) is 3.69. The Labute approximate surface area is 200 Å². The van der Waals surface area contributed by atoms with Crippen molar-refractivity contribution in [1.82, 2.24) is 19.7 Å². The van der Waals surface area contributed by atoms with E-state index < -0.39 is 0 Å². The molecule has 2 aliphatic rings. The topological polar surface area (TPSA) is 74.6 Å². The summed E-state index contributed by atoms with van der Waals surface area (Å²) < 4.78 is 3.02. The summed E-state index contributed by atoms with van der Waals surface area (Å²) in [4.78, 5) is 24.2. The van der Waals surface area contributed by atoms with Crippen molar-refractivity contribution >= 4 is 39.0 Å². The molecule has 0 unspecified atom stereocenters. The number of nitrogens with one attached hydrogen (secondary N) is 2. The van der Waals surface area contributed by atoms with Crippen LogP contribution in [0.4, 0.5) is 11.5 Å². The summed E-state index contributed by atoms with van der Waals surface area (Å²) in [5.74, 6) is 0.939. The highest BCUT2D eigenvalue weighted by molar-refractivity contribution is 9.10. The first-order chi connectivity index (χ1) is 16.2. The van der Waals surface area contributed by atoms with Crippen molar-refractivity contribution in [3.8, 4) is 11.3 Å². The van der Waals surface area contributed by atoms with Gasteiger partial charge in [0, 0.05) is 43.9 Å². The number of rotatable bonds is 4. The van der Waals surface area contributed by atoms with Gasteiger partial charge in [0.05, 0.1) is 24.0 Å². The molecule has 4 aromatic rings. The molecule has 0 radical (unpaired) electrons. The maximum Gasteiger partial charge on any atom is 0.228 e. The maximum absolute atomic E-state index is 11.9. The molecule has 2 N–H and O–H groups in total. The minimum atomic E-state index is 0.0381. The average Bonchev–Trinajstić information content (AvgIpc) is 3.40. The van der Waals surface area contributed by atoms with Crippen molar-refractivity contribution in [3.05, 3.63) is 76.2 Å². The lowest BCUT2D eigenvalue weighted by Crippen LogP contribution is -2.44. The van der Waals surface area contributed by atoms with Crippen LogP contribution in [0.15, 0.2) is 59.3 Å². The van der Waals surface area contributed by atoms with Crippen LogP contribution in [0.2, 0.25) is 0 Å². The normalized spacial score (nSPS) is 15.7. The number of halogens is 1. The molecular weight excluding hydrogens is 480 g/mol. The van der Waals surface area contributed by atoms with Gasteiger partial charge in [0.1, 0.15) is 4.60 Å². The molecule has 2 aliphatic heterocycles. The molecule has 6 rings (SSSR count). The summed E-state index contributed by atoms with van der Waals surface area (Å²) in [7, 11) is 0. The first-order valence-electron chi connectivity index (χ1n) is 11.2. The number of nitrogens with zero attached hydrogens (tertiary/aromatic N) is 4. The lowest BCUT2D eigenvalue weighted by molar-refractivity contribution is -0.115. The van der Waals surface area contributed by atoms with E-state index in [9.17, 15) is 4.79 Å². The third-order valence-corrected chi connectivity index (χ3v) is 6.85. The van der Waals surface area contributed by atoms with Gasteiger partial charge < -0.3 is 15.5 Å². The predicted octanol–water partition coefficient (Wildman–Crippen LogP) is 3.65. The second kappa shape index (κ2) is 8.28. The number of hydrogen-bond acceptors (Lipinski definition) is 5. The Morgan fingerprint density at radius 1 is 1.06 bits per heavy atom. The van der Waals surface area contributed by atoms with Gasteiger partial charge >= 0.3 is 0 Å². The Morgan fingerprint density at radius 2 is 1.88 bits per heavy atom. The van der Waals surface area contributed by atoms with Gasteiger partial charge in [0.25, 0.3) is 0 Å². The number of anilines is 2. The molecule has 0 bridgehead atoms. The molecule has 0 saturated carbocycles. The van der Waals surface area contributed by atoms with E-state index in [1.807, 2.05) is 18.3 Å². The summed E-state index contributed by atoms with van der Waals surface area (Å²) in [6, 6.07) is 16.6. The number of aromatic nitrogens is 3. The smallest absolute Gasteiger partial charge is 0.228 e. The number of hydrogen-bond donors (Lipinski definition) is 2. The number of amides is 1. The molecule has 0 spiro atoms. The van der Waals surface area contributed by atoms with E-state index in [1.165, 1.54) is 5.56 Å². The molecule has 1 fully saturated rings. The van der Waals surface area contributed by atoms with Crippen LogP contribution in [0.25, 0.3) is 16.9 Å². The minimum absolute atomic E-state index is 0.0381. The first kappa shape index (κ1) is 20.4. The third-order valence-electron chi connectivity index (χ3n) is 6.29. The molecule has 1 amide bonds. The van der Waals surface area contributed by atoms with Gasteiger partial charge in [-0.15, -0.1) is 0 Å². The molecule has 7 nitrogen and oxygen atoms in total. The molecule has 2 aromatic carbocycles. The standard InChI is InChI=1S/C25H23BrN6O/c26-21-15-28-24(31-10-8-27-9-11-31)25-30-20(12-16-4-2-1-3-5-16)23(32(21)25)17-6-7-19-18(13-17)14-22(33)29-19/h1-7,13,15,27H,8-12,14H2,(H,29,33). The van der Waals surface area contributed by atoms with E-state index in [4.69, 9.17) is 9.97 Å². The van der Waals surface area contributed by atoms with Crippen LogP contribution in [0.1, 0.15) is 16.8 Å². The summed E-state index contributed by atoms with van der Waals surface area (Å²) >= 11 is 3.74. The van der Waals surface area contributed by atoms with E-state index in [-0.39, 0.29) is 5.91 Å².